The van der Waals surface area contributed by atoms with Crippen LogP contribution in [0.4, 0.5) is 11.4 Å². The molecule has 0 aliphatic heterocycles. The predicted octanol–water partition coefficient (Wildman–Crippen LogP) is 6.91. The molecule has 0 spiro atoms. The predicted molar refractivity (Wildman–Crippen MR) is 115 cm³/mol. The van der Waals surface area contributed by atoms with Crippen molar-refractivity contribution in [3.05, 3.63) is 139 Å². The summed E-state index contributed by atoms with van der Waals surface area (Å²) in [6.07, 6.45) is 2.23. The Labute approximate surface area is 160 Å². The third kappa shape index (κ3) is 3.99. The topological polar surface area (TPSA) is 3.24 Å². The largest absolute Gasteiger partial charge is 0.317 e. The Morgan fingerprint density at radius 3 is 1.15 bits per heavy atom. The zero-order chi connectivity index (χ0) is 18.3. The molecule has 0 saturated carbocycles. The molecule has 0 aliphatic rings. The van der Waals surface area contributed by atoms with Crippen LogP contribution in [-0.2, 0) is 0 Å². The number of benzene rings is 4. The second-order valence-electron chi connectivity index (χ2n) is 6.32. The lowest BCUT2D eigenvalue weighted by Gasteiger charge is -2.23. The Kier molecular flexibility index (Phi) is 5.12. The first-order chi connectivity index (χ1) is 13.4. The molecule has 1 heteroatoms. The van der Waals surface area contributed by atoms with E-state index >= 15 is 0 Å². The van der Waals surface area contributed by atoms with Crippen LogP contribution in [0.3, 0.4) is 0 Å². The summed E-state index contributed by atoms with van der Waals surface area (Å²) in [5, 5.41) is 0. The Morgan fingerprint density at radius 1 is 0.444 bits per heavy atom. The van der Waals surface area contributed by atoms with Gasteiger partial charge in [-0.2, -0.15) is 0 Å². The van der Waals surface area contributed by atoms with Crippen molar-refractivity contribution in [2.24, 2.45) is 0 Å². The molecule has 0 heterocycles. The second-order valence-corrected chi connectivity index (χ2v) is 6.32. The van der Waals surface area contributed by atoms with E-state index in [2.05, 4.69) is 120 Å². The molecule has 4 aromatic rings. The van der Waals surface area contributed by atoms with Gasteiger partial charge in [-0.3, -0.25) is 0 Å². The van der Waals surface area contributed by atoms with Crippen LogP contribution in [0.15, 0.2) is 128 Å². The third-order valence-electron chi connectivity index (χ3n) is 4.50. The van der Waals surface area contributed by atoms with Crippen LogP contribution in [0.25, 0.3) is 5.57 Å². The standard InChI is InChI=1S/C26H21N/c1-5-13-22(14-6-1)26(23-15-7-2-8-16-23)21-27(24-17-9-3-10-18-24)25-19-11-4-12-20-25/h1-21H. The van der Waals surface area contributed by atoms with E-state index in [0.717, 1.165) is 11.4 Å². The van der Waals surface area contributed by atoms with Crippen molar-refractivity contribution in [2.75, 3.05) is 4.90 Å². The molecule has 0 unspecified atom stereocenters. The summed E-state index contributed by atoms with van der Waals surface area (Å²) in [4.78, 5) is 2.25. The van der Waals surface area contributed by atoms with Gasteiger partial charge in [0.05, 0.1) is 0 Å². The van der Waals surface area contributed by atoms with Gasteiger partial charge in [0.25, 0.3) is 0 Å². The minimum atomic E-state index is 1.13. The molecule has 4 aromatic carbocycles. The van der Waals surface area contributed by atoms with Crippen LogP contribution in [-0.4, -0.2) is 0 Å². The smallest absolute Gasteiger partial charge is 0.0455 e. The van der Waals surface area contributed by atoms with Gasteiger partial charge in [0, 0.05) is 23.1 Å². The van der Waals surface area contributed by atoms with Gasteiger partial charge in [-0.25, -0.2) is 0 Å². The van der Waals surface area contributed by atoms with Crippen molar-refractivity contribution in [1.29, 1.82) is 0 Å². The fourth-order valence-electron chi connectivity index (χ4n) is 3.16. The lowest BCUT2D eigenvalue weighted by molar-refractivity contribution is 1.28. The van der Waals surface area contributed by atoms with Gasteiger partial charge in [0.15, 0.2) is 0 Å². The summed E-state index contributed by atoms with van der Waals surface area (Å²) in [5.74, 6) is 0. The van der Waals surface area contributed by atoms with E-state index in [4.69, 9.17) is 0 Å². The van der Waals surface area contributed by atoms with Gasteiger partial charge in [-0.15, -0.1) is 0 Å². The highest BCUT2D eigenvalue weighted by Crippen LogP contribution is 2.31. The van der Waals surface area contributed by atoms with Crippen LogP contribution in [0.2, 0.25) is 0 Å². The molecule has 0 amide bonds. The van der Waals surface area contributed by atoms with Gasteiger partial charge < -0.3 is 4.90 Å². The van der Waals surface area contributed by atoms with Crippen LogP contribution in [0, 0.1) is 0 Å². The first-order valence-electron chi connectivity index (χ1n) is 9.14. The van der Waals surface area contributed by atoms with Gasteiger partial charge in [0.2, 0.25) is 0 Å². The Hall–Kier alpha value is -3.58. The Morgan fingerprint density at radius 2 is 0.778 bits per heavy atom. The van der Waals surface area contributed by atoms with E-state index in [9.17, 15) is 0 Å². The van der Waals surface area contributed by atoms with E-state index in [1.165, 1.54) is 16.7 Å². The van der Waals surface area contributed by atoms with Crippen molar-refractivity contribution in [3.63, 3.8) is 0 Å². The number of nitrogens with zero attached hydrogens (tertiary/aromatic N) is 1. The highest BCUT2D eigenvalue weighted by atomic mass is 15.1. The first kappa shape index (κ1) is 16.9. The molecule has 27 heavy (non-hydrogen) atoms. The molecule has 130 valence electrons. The SMILES string of the molecule is C(=C(c1ccccc1)c1ccccc1)N(c1ccccc1)c1ccccc1. The van der Waals surface area contributed by atoms with E-state index in [1.54, 1.807) is 0 Å². The first-order valence-corrected chi connectivity index (χ1v) is 9.14. The molecule has 0 radical (unpaired) electrons. The molecular formula is C26H21N. The highest BCUT2D eigenvalue weighted by Gasteiger charge is 2.11. The molecule has 1 nitrogen and oxygen atoms in total. The number of para-hydroxylation sites is 2. The number of rotatable bonds is 5. The second kappa shape index (κ2) is 8.20. The van der Waals surface area contributed by atoms with E-state index in [0.29, 0.717) is 0 Å². The maximum atomic E-state index is 2.25. The molecule has 0 N–H and O–H groups in total. The Balaban J connectivity index is 1.90. The minimum absolute atomic E-state index is 1.13. The van der Waals surface area contributed by atoms with Crippen LogP contribution in [0.1, 0.15) is 11.1 Å². The van der Waals surface area contributed by atoms with E-state index in [-0.39, 0.29) is 0 Å². The summed E-state index contributed by atoms with van der Waals surface area (Å²) < 4.78 is 0. The van der Waals surface area contributed by atoms with E-state index < -0.39 is 0 Å². The molecule has 0 atom stereocenters. The minimum Gasteiger partial charge on any atom is -0.317 e. The zero-order valence-electron chi connectivity index (χ0n) is 15.1. The van der Waals surface area contributed by atoms with Crippen molar-refractivity contribution < 1.29 is 0 Å². The van der Waals surface area contributed by atoms with Crippen molar-refractivity contribution in [2.45, 2.75) is 0 Å². The van der Waals surface area contributed by atoms with Crippen LogP contribution < -0.4 is 4.90 Å². The van der Waals surface area contributed by atoms with Crippen molar-refractivity contribution in [3.8, 4) is 0 Å². The summed E-state index contributed by atoms with van der Waals surface area (Å²) >= 11 is 0. The van der Waals surface area contributed by atoms with E-state index in [1.807, 2.05) is 12.1 Å². The monoisotopic (exact) mass is 347 g/mol. The summed E-state index contributed by atoms with van der Waals surface area (Å²) in [7, 11) is 0. The molecule has 0 aromatic heterocycles. The quantitative estimate of drug-likeness (QED) is 0.379. The highest BCUT2D eigenvalue weighted by molar-refractivity contribution is 5.83. The van der Waals surface area contributed by atoms with Crippen LogP contribution >= 0.6 is 0 Å². The average Bonchev–Trinajstić information content (AvgIpc) is 2.77. The van der Waals surface area contributed by atoms with Crippen molar-refractivity contribution in [1.82, 2.24) is 0 Å². The summed E-state index contributed by atoms with van der Waals surface area (Å²) in [6, 6.07) is 42.0. The fraction of sp³-hybridized carbons (Fsp3) is 0. The Bertz CT molecular complexity index is 910. The summed E-state index contributed by atoms with van der Waals surface area (Å²) in [6.45, 7) is 0. The van der Waals surface area contributed by atoms with Crippen LogP contribution in [0.5, 0.6) is 0 Å². The maximum absolute atomic E-state index is 2.25. The number of anilines is 2. The number of hydrogen-bond acceptors (Lipinski definition) is 1. The maximum Gasteiger partial charge on any atom is 0.0455 e. The fourth-order valence-corrected chi connectivity index (χ4v) is 3.16. The average molecular weight is 347 g/mol. The lowest BCUT2D eigenvalue weighted by atomic mass is 9.98. The molecule has 4 rings (SSSR count). The summed E-state index contributed by atoms with van der Waals surface area (Å²) in [5.41, 5.74) is 5.84. The van der Waals surface area contributed by atoms with Gasteiger partial charge in [-0.05, 0) is 35.4 Å². The lowest BCUT2D eigenvalue weighted by Crippen LogP contribution is -2.10. The van der Waals surface area contributed by atoms with Gasteiger partial charge >= 0.3 is 0 Å². The molecule has 0 saturated heterocycles. The molecule has 0 bridgehead atoms. The molecule has 0 aliphatic carbocycles. The van der Waals surface area contributed by atoms with Gasteiger partial charge in [-0.1, -0.05) is 97.1 Å². The van der Waals surface area contributed by atoms with Gasteiger partial charge in [0.1, 0.15) is 0 Å². The number of hydrogen-bond donors (Lipinski definition) is 0. The van der Waals surface area contributed by atoms with Crippen molar-refractivity contribution >= 4 is 16.9 Å². The normalized spacial score (nSPS) is 10.2. The zero-order valence-corrected chi connectivity index (χ0v) is 15.1. The molecule has 0 fully saturated rings. The molecular weight excluding hydrogens is 326 g/mol. The third-order valence-corrected chi connectivity index (χ3v) is 4.50.